The van der Waals surface area contributed by atoms with Gasteiger partial charge < -0.3 is 14.0 Å². The highest BCUT2D eigenvalue weighted by molar-refractivity contribution is 6.32. The standard InChI is InChI=1S/C23H24ClN3O3/c1-4-16(2)30-22-19(24)13-17(14-21(22)29-3)15-25-26-23(28)18-9-5-6-10-20(18)27-11-7-8-12-27/h5-16H,4H2,1-3H3,(H,26,28)/b25-15-/t16-/m1/s1. The van der Waals surface area contributed by atoms with Gasteiger partial charge in [-0.15, -0.1) is 0 Å². The molecule has 3 aromatic rings. The summed E-state index contributed by atoms with van der Waals surface area (Å²) in [5.41, 5.74) is 4.52. The highest BCUT2D eigenvalue weighted by Crippen LogP contribution is 2.37. The van der Waals surface area contributed by atoms with Crippen LogP contribution in [0, 0.1) is 0 Å². The lowest BCUT2D eigenvalue weighted by molar-refractivity contribution is 0.0955. The second-order valence-corrected chi connectivity index (χ2v) is 7.08. The molecular formula is C23H24ClN3O3. The molecule has 0 aliphatic heterocycles. The number of nitrogens with zero attached hydrogens (tertiary/aromatic N) is 2. The van der Waals surface area contributed by atoms with Crippen LogP contribution in [0.15, 0.2) is 66.0 Å². The van der Waals surface area contributed by atoms with E-state index in [0.29, 0.717) is 27.6 Å². The molecule has 2 aromatic carbocycles. The number of rotatable bonds is 8. The Morgan fingerprint density at radius 3 is 2.67 bits per heavy atom. The van der Waals surface area contributed by atoms with Crippen molar-refractivity contribution < 1.29 is 14.3 Å². The monoisotopic (exact) mass is 425 g/mol. The summed E-state index contributed by atoms with van der Waals surface area (Å²) in [4.78, 5) is 12.6. The maximum Gasteiger partial charge on any atom is 0.273 e. The fourth-order valence-corrected chi connectivity index (χ4v) is 3.09. The zero-order valence-corrected chi connectivity index (χ0v) is 17.9. The van der Waals surface area contributed by atoms with E-state index in [1.807, 2.05) is 61.1 Å². The lowest BCUT2D eigenvalue weighted by Gasteiger charge is -2.17. The Balaban J connectivity index is 1.76. The van der Waals surface area contributed by atoms with Gasteiger partial charge >= 0.3 is 0 Å². The molecular weight excluding hydrogens is 402 g/mol. The van der Waals surface area contributed by atoms with Crippen LogP contribution in [-0.4, -0.2) is 29.9 Å². The SMILES string of the molecule is CC[C@@H](C)Oc1c(Cl)cc(/C=N\NC(=O)c2ccccc2-n2cccc2)cc1OC. The number of para-hydroxylation sites is 1. The average Bonchev–Trinajstić information content (AvgIpc) is 3.29. The van der Waals surface area contributed by atoms with Gasteiger partial charge in [0, 0.05) is 12.4 Å². The third-order valence-electron chi connectivity index (χ3n) is 4.56. The van der Waals surface area contributed by atoms with E-state index < -0.39 is 0 Å². The van der Waals surface area contributed by atoms with Gasteiger partial charge in [-0.05, 0) is 55.3 Å². The molecule has 30 heavy (non-hydrogen) atoms. The Bertz CT molecular complexity index is 1030. The highest BCUT2D eigenvalue weighted by Gasteiger charge is 2.14. The number of carbonyl (C=O) groups excluding carboxylic acids is 1. The zero-order chi connectivity index (χ0) is 21.5. The fraction of sp³-hybridized carbons (Fsp3) is 0.217. The summed E-state index contributed by atoms with van der Waals surface area (Å²) in [6.07, 6.45) is 6.13. The molecule has 7 heteroatoms. The van der Waals surface area contributed by atoms with Crippen LogP contribution in [0.1, 0.15) is 36.2 Å². The van der Waals surface area contributed by atoms with Crippen molar-refractivity contribution in [1.82, 2.24) is 9.99 Å². The quantitative estimate of drug-likeness (QED) is 0.404. The van der Waals surface area contributed by atoms with E-state index in [1.54, 1.807) is 25.3 Å². The molecule has 0 unspecified atom stereocenters. The molecule has 6 nitrogen and oxygen atoms in total. The first kappa shape index (κ1) is 21.5. The number of hydrogen-bond acceptors (Lipinski definition) is 4. The Morgan fingerprint density at radius 2 is 1.97 bits per heavy atom. The van der Waals surface area contributed by atoms with Gasteiger partial charge in [-0.1, -0.05) is 30.7 Å². The predicted molar refractivity (Wildman–Crippen MR) is 119 cm³/mol. The summed E-state index contributed by atoms with van der Waals surface area (Å²) in [7, 11) is 1.55. The summed E-state index contributed by atoms with van der Waals surface area (Å²) in [5.74, 6) is 0.689. The molecule has 1 atom stereocenters. The number of ether oxygens (including phenoxy) is 2. The van der Waals surface area contributed by atoms with Crippen LogP contribution in [-0.2, 0) is 0 Å². The molecule has 3 rings (SSSR count). The molecule has 0 bridgehead atoms. The van der Waals surface area contributed by atoms with Crippen molar-refractivity contribution in [1.29, 1.82) is 0 Å². The Kier molecular flexibility index (Phi) is 7.14. The smallest absolute Gasteiger partial charge is 0.273 e. The van der Waals surface area contributed by atoms with Crippen LogP contribution in [0.2, 0.25) is 5.02 Å². The molecule has 156 valence electrons. The number of methoxy groups -OCH3 is 1. The molecule has 1 N–H and O–H groups in total. The summed E-state index contributed by atoms with van der Waals surface area (Å²) < 4.78 is 13.1. The zero-order valence-electron chi connectivity index (χ0n) is 17.1. The molecule has 0 saturated heterocycles. The number of carbonyl (C=O) groups is 1. The molecule has 1 aromatic heterocycles. The average molecular weight is 426 g/mol. The number of nitrogens with one attached hydrogen (secondary N) is 1. The molecule has 0 spiro atoms. The van der Waals surface area contributed by atoms with Crippen LogP contribution >= 0.6 is 11.6 Å². The van der Waals surface area contributed by atoms with Crippen molar-refractivity contribution in [3.05, 3.63) is 77.1 Å². The minimum Gasteiger partial charge on any atom is -0.493 e. The minimum absolute atomic E-state index is 0.00979. The van der Waals surface area contributed by atoms with E-state index >= 15 is 0 Å². The Hall–Kier alpha value is -3.25. The Morgan fingerprint density at radius 1 is 1.23 bits per heavy atom. The minimum atomic E-state index is -0.315. The maximum absolute atomic E-state index is 12.6. The summed E-state index contributed by atoms with van der Waals surface area (Å²) in [5, 5.41) is 4.49. The van der Waals surface area contributed by atoms with Crippen LogP contribution in [0.3, 0.4) is 0 Å². The second-order valence-electron chi connectivity index (χ2n) is 6.68. The topological polar surface area (TPSA) is 64.8 Å². The second kappa shape index (κ2) is 9.98. The van der Waals surface area contributed by atoms with Crippen LogP contribution in [0.5, 0.6) is 11.5 Å². The van der Waals surface area contributed by atoms with E-state index in [-0.39, 0.29) is 12.0 Å². The summed E-state index contributed by atoms with van der Waals surface area (Å²) in [6.45, 7) is 4.00. The molecule has 1 heterocycles. The number of amides is 1. The first-order valence-electron chi connectivity index (χ1n) is 9.63. The van der Waals surface area contributed by atoms with Crippen LogP contribution in [0.4, 0.5) is 0 Å². The van der Waals surface area contributed by atoms with Crippen molar-refractivity contribution >= 4 is 23.7 Å². The molecule has 0 radical (unpaired) electrons. The number of halogens is 1. The summed E-state index contributed by atoms with van der Waals surface area (Å²) in [6, 6.07) is 14.6. The van der Waals surface area contributed by atoms with Gasteiger partial charge in [-0.2, -0.15) is 5.10 Å². The third kappa shape index (κ3) is 5.02. The van der Waals surface area contributed by atoms with E-state index in [1.165, 1.54) is 6.21 Å². The van der Waals surface area contributed by atoms with Crippen LogP contribution in [0.25, 0.3) is 5.69 Å². The maximum atomic E-state index is 12.6. The molecule has 0 aliphatic rings. The van der Waals surface area contributed by atoms with E-state index in [2.05, 4.69) is 10.5 Å². The van der Waals surface area contributed by atoms with E-state index in [4.69, 9.17) is 21.1 Å². The van der Waals surface area contributed by atoms with Gasteiger partial charge in [-0.3, -0.25) is 4.79 Å². The third-order valence-corrected chi connectivity index (χ3v) is 4.84. The van der Waals surface area contributed by atoms with Crippen molar-refractivity contribution in [2.75, 3.05) is 7.11 Å². The van der Waals surface area contributed by atoms with Crippen molar-refractivity contribution in [3.8, 4) is 17.2 Å². The predicted octanol–water partition coefficient (Wildman–Crippen LogP) is 5.08. The first-order chi connectivity index (χ1) is 14.5. The molecule has 0 saturated carbocycles. The largest absolute Gasteiger partial charge is 0.493 e. The normalized spacial score (nSPS) is 12.0. The van der Waals surface area contributed by atoms with Gasteiger partial charge in [0.2, 0.25) is 0 Å². The van der Waals surface area contributed by atoms with Gasteiger partial charge in [0.15, 0.2) is 11.5 Å². The lowest BCUT2D eigenvalue weighted by atomic mass is 10.1. The summed E-state index contributed by atoms with van der Waals surface area (Å²) >= 11 is 6.37. The van der Waals surface area contributed by atoms with Crippen LogP contribution < -0.4 is 14.9 Å². The molecule has 0 fully saturated rings. The number of hydrogen-bond donors (Lipinski definition) is 1. The lowest BCUT2D eigenvalue weighted by Crippen LogP contribution is -2.19. The van der Waals surface area contributed by atoms with Crippen molar-refractivity contribution in [2.45, 2.75) is 26.4 Å². The van der Waals surface area contributed by atoms with E-state index in [0.717, 1.165) is 12.1 Å². The Labute approximate surface area is 181 Å². The number of hydrazone groups is 1. The molecule has 1 amide bonds. The van der Waals surface area contributed by atoms with Gasteiger partial charge in [0.1, 0.15) is 0 Å². The number of benzene rings is 2. The molecule has 0 aliphatic carbocycles. The van der Waals surface area contributed by atoms with Crippen molar-refractivity contribution in [3.63, 3.8) is 0 Å². The number of aromatic nitrogens is 1. The fourth-order valence-electron chi connectivity index (χ4n) is 2.82. The van der Waals surface area contributed by atoms with Gasteiger partial charge in [-0.25, -0.2) is 5.43 Å². The van der Waals surface area contributed by atoms with Gasteiger partial charge in [0.25, 0.3) is 5.91 Å². The van der Waals surface area contributed by atoms with Crippen molar-refractivity contribution in [2.24, 2.45) is 5.10 Å². The van der Waals surface area contributed by atoms with E-state index in [9.17, 15) is 4.79 Å². The first-order valence-corrected chi connectivity index (χ1v) is 10.0. The van der Waals surface area contributed by atoms with Gasteiger partial charge in [0.05, 0.1) is 35.7 Å². The highest BCUT2D eigenvalue weighted by atomic mass is 35.5.